The lowest BCUT2D eigenvalue weighted by atomic mass is 9.51. The van der Waals surface area contributed by atoms with Crippen molar-refractivity contribution in [2.24, 2.45) is 35.3 Å². The third kappa shape index (κ3) is 14.4. The number of nitrogens with two attached hydrogens (primary N) is 1. The number of nitrogens with one attached hydrogen (secondary N) is 1. The van der Waals surface area contributed by atoms with Crippen molar-refractivity contribution in [1.29, 1.82) is 0 Å². The highest BCUT2D eigenvalue weighted by molar-refractivity contribution is 5.76. The van der Waals surface area contributed by atoms with Gasteiger partial charge in [-0.2, -0.15) is 0 Å². The van der Waals surface area contributed by atoms with Crippen molar-refractivity contribution in [2.75, 3.05) is 26.4 Å². The Balaban J connectivity index is 1.02. The van der Waals surface area contributed by atoms with Gasteiger partial charge in [0.15, 0.2) is 18.9 Å². The molecule has 0 radical (unpaired) electrons. The van der Waals surface area contributed by atoms with E-state index in [0.717, 1.165) is 37.5 Å². The van der Waals surface area contributed by atoms with Crippen molar-refractivity contribution >= 4 is 5.91 Å². The van der Waals surface area contributed by atoms with Gasteiger partial charge >= 0.3 is 0 Å². The van der Waals surface area contributed by atoms with Gasteiger partial charge < -0.3 is 90.5 Å². The SMILES string of the molecule is CCCCCCCCCCCCC/C=C/[C@@H](O)[C@H](CO[C@@H]1O[C@H](CO)[C@@H](O[C@@H]2O[C@H](CN)[C@H](O[C@H]3O[C@H](CO)[C@H](O)[C@H](O)[C@H]3O)[C@H](O)[C@H]2O)[C@H](O)[C@H]1O)NC(=O)CC1C2CC3CC(C2)CC1C3. The molecule has 13 N–H and O–H groups in total. The van der Waals surface area contributed by atoms with Crippen molar-refractivity contribution in [3.8, 4) is 0 Å². The van der Waals surface area contributed by atoms with E-state index in [1.165, 1.54) is 83.5 Å². The molecule has 19 nitrogen and oxygen atoms in total. The van der Waals surface area contributed by atoms with Crippen LogP contribution in [0.25, 0.3) is 0 Å². The van der Waals surface area contributed by atoms with Crippen LogP contribution in [0, 0.1) is 29.6 Å². The molecule has 7 aliphatic rings. The molecule has 0 unspecified atom stereocenters. The van der Waals surface area contributed by atoms with Crippen molar-refractivity contribution in [1.82, 2.24) is 5.32 Å². The molecule has 4 bridgehead atoms. The van der Waals surface area contributed by atoms with Gasteiger partial charge in [0.2, 0.25) is 5.91 Å². The number of allylic oxidation sites excluding steroid dienone is 1. The molecule has 4 aliphatic carbocycles. The molecule has 7 rings (SSSR count). The molecule has 17 atom stereocenters. The van der Waals surface area contributed by atoms with Gasteiger partial charge in [0.05, 0.1) is 32.0 Å². The lowest BCUT2D eigenvalue weighted by Crippen LogP contribution is -2.67. The van der Waals surface area contributed by atoms with Gasteiger partial charge in [0, 0.05) is 13.0 Å². The van der Waals surface area contributed by atoms with Gasteiger partial charge in [0.25, 0.3) is 0 Å². The van der Waals surface area contributed by atoms with Crippen LogP contribution in [0.15, 0.2) is 12.2 Å². The molecular formula is C48H84N2O17. The zero-order valence-corrected chi connectivity index (χ0v) is 39.3. The van der Waals surface area contributed by atoms with E-state index in [1.54, 1.807) is 6.08 Å². The average molecular weight is 961 g/mol. The molecule has 67 heavy (non-hydrogen) atoms. The largest absolute Gasteiger partial charge is 0.394 e. The van der Waals surface area contributed by atoms with E-state index in [4.69, 9.17) is 34.2 Å². The fourth-order valence-corrected chi connectivity index (χ4v) is 11.8. The van der Waals surface area contributed by atoms with Crippen LogP contribution in [-0.2, 0) is 33.2 Å². The maximum absolute atomic E-state index is 13.7. The third-order valence-corrected chi connectivity index (χ3v) is 15.5. The Morgan fingerprint density at radius 3 is 1.69 bits per heavy atom. The lowest BCUT2D eigenvalue weighted by molar-refractivity contribution is -0.376. The van der Waals surface area contributed by atoms with Crippen LogP contribution in [-0.4, -0.2) is 188 Å². The van der Waals surface area contributed by atoms with E-state index in [-0.39, 0.29) is 25.0 Å². The Kier molecular flexibility index (Phi) is 22.0. The Morgan fingerprint density at radius 2 is 1.13 bits per heavy atom. The zero-order valence-electron chi connectivity index (χ0n) is 39.3. The van der Waals surface area contributed by atoms with Crippen molar-refractivity contribution in [3.05, 3.63) is 12.2 Å². The number of rotatable bonds is 27. The first-order valence-corrected chi connectivity index (χ1v) is 25.5. The highest BCUT2D eigenvalue weighted by atomic mass is 16.8. The van der Waals surface area contributed by atoms with Crippen molar-refractivity contribution in [3.63, 3.8) is 0 Å². The van der Waals surface area contributed by atoms with Gasteiger partial charge in [-0.15, -0.1) is 0 Å². The number of carbonyl (C=O) groups excluding carboxylic acids is 1. The van der Waals surface area contributed by atoms with Gasteiger partial charge in [-0.1, -0.05) is 83.3 Å². The van der Waals surface area contributed by atoms with Gasteiger partial charge in [0.1, 0.15) is 73.2 Å². The predicted molar refractivity (Wildman–Crippen MR) is 240 cm³/mol. The molecule has 0 aromatic carbocycles. The summed E-state index contributed by atoms with van der Waals surface area (Å²) in [6, 6.07) is -0.939. The number of aliphatic hydroxyl groups excluding tert-OH is 10. The Morgan fingerprint density at radius 1 is 0.642 bits per heavy atom. The minimum Gasteiger partial charge on any atom is -0.394 e. The highest BCUT2D eigenvalue weighted by Crippen LogP contribution is 2.57. The van der Waals surface area contributed by atoms with E-state index in [9.17, 15) is 55.9 Å². The first kappa shape index (κ1) is 54.9. The monoisotopic (exact) mass is 961 g/mol. The van der Waals surface area contributed by atoms with Crippen LogP contribution < -0.4 is 11.1 Å². The highest BCUT2D eigenvalue weighted by Gasteiger charge is 2.54. The summed E-state index contributed by atoms with van der Waals surface area (Å²) in [5.41, 5.74) is 5.92. The van der Waals surface area contributed by atoms with Crippen molar-refractivity contribution in [2.45, 2.75) is 227 Å². The molecule has 3 aliphatic heterocycles. The third-order valence-electron chi connectivity index (χ3n) is 15.5. The predicted octanol–water partition coefficient (Wildman–Crippen LogP) is -0.0169. The molecule has 1 amide bonds. The molecule has 4 saturated carbocycles. The molecule has 0 spiro atoms. The van der Waals surface area contributed by atoms with E-state index in [1.807, 2.05) is 6.08 Å². The summed E-state index contributed by atoms with van der Waals surface area (Å²) in [6.07, 6.45) is -1.70. The van der Waals surface area contributed by atoms with E-state index in [2.05, 4.69) is 12.2 Å². The molecule has 388 valence electrons. The van der Waals surface area contributed by atoms with Crippen LogP contribution in [0.2, 0.25) is 0 Å². The quantitative estimate of drug-likeness (QED) is 0.0380. The maximum atomic E-state index is 13.7. The van der Waals surface area contributed by atoms with Crippen LogP contribution in [0.3, 0.4) is 0 Å². The number of hydrogen-bond donors (Lipinski definition) is 12. The average Bonchev–Trinajstić information content (AvgIpc) is 3.31. The number of ether oxygens (including phenoxy) is 6. The zero-order chi connectivity index (χ0) is 48.2. The van der Waals surface area contributed by atoms with Crippen LogP contribution in [0.4, 0.5) is 0 Å². The lowest BCUT2D eigenvalue weighted by Gasteiger charge is -2.54. The molecule has 7 fully saturated rings. The molecule has 3 heterocycles. The first-order valence-electron chi connectivity index (χ1n) is 25.5. The Labute approximate surface area is 395 Å². The maximum Gasteiger partial charge on any atom is 0.220 e. The number of hydrogen-bond acceptors (Lipinski definition) is 18. The Bertz CT molecular complexity index is 1450. The smallest absolute Gasteiger partial charge is 0.220 e. The van der Waals surface area contributed by atoms with E-state index >= 15 is 0 Å². The fraction of sp³-hybridized carbons (Fsp3) is 0.938. The number of aliphatic hydroxyl groups is 10. The molecule has 0 aromatic rings. The summed E-state index contributed by atoms with van der Waals surface area (Å²) in [4.78, 5) is 13.7. The van der Waals surface area contributed by atoms with Crippen LogP contribution >= 0.6 is 0 Å². The molecule has 0 aromatic heterocycles. The second-order valence-corrected chi connectivity index (χ2v) is 20.4. The number of carbonyl (C=O) groups is 1. The number of unbranched alkanes of at least 4 members (excludes halogenated alkanes) is 11. The second kappa shape index (κ2) is 26.8. The second-order valence-electron chi connectivity index (χ2n) is 20.4. The summed E-state index contributed by atoms with van der Waals surface area (Å²) in [5, 5.41) is 110. The number of amides is 1. The first-order chi connectivity index (χ1) is 32.3. The van der Waals surface area contributed by atoms with Gasteiger partial charge in [-0.25, -0.2) is 0 Å². The summed E-state index contributed by atoms with van der Waals surface area (Å²) < 4.78 is 34.6. The van der Waals surface area contributed by atoms with Crippen LogP contribution in [0.1, 0.15) is 122 Å². The van der Waals surface area contributed by atoms with Crippen molar-refractivity contribution < 1.29 is 84.3 Å². The Hall–Kier alpha value is -1.47. The van der Waals surface area contributed by atoms with Gasteiger partial charge in [-0.05, 0) is 74.5 Å². The summed E-state index contributed by atoms with van der Waals surface area (Å²) >= 11 is 0. The summed E-state index contributed by atoms with van der Waals surface area (Å²) in [5.74, 6) is 2.67. The topological polar surface area (TPSA) is 313 Å². The minimum absolute atomic E-state index is 0.194. The van der Waals surface area contributed by atoms with Gasteiger partial charge in [-0.3, -0.25) is 4.79 Å². The fourth-order valence-electron chi connectivity index (χ4n) is 11.8. The summed E-state index contributed by atoms with van der Waals surface area (Å²) in [6.45, 7) is 0.0599. The van der Waals surface area contributed by atoms with Crippen LogP contribution in [0.5, 0.6) is 0 Å². The molecule has 19 heteroatoms. The van der Waals surface area contributed by atoms with E-state index < -0.39 is 117 Å². The molecular weight excluding hydrogens is 877 g/mol. The van der Waals surface area contributed by atoms with E-state index in [0.29, 0.717) is 18.3 Å². The molecule has 3 saturated heterocycles. The normalized spacial score (nSPS) is 41.7. The summed E-state index contributed by atoms with van der Waals surface area (Å²) in [7, 11) is 0. The minimum atomic E-state index is -1.91. The standard InChI is InChI=1S/C48H84N2O17/c1-2-3-4-5-6-7-8-9-10-11-12-13-14-15-32(53)31(50-36(54)21-30-28-17-26-16-27(19-28)20-29(30)18-26)25-62-46-42(60)39(57)45(35(24-52)65-46)67-48-43(61)40(58)44(33(22-49)63-48)66-47-41(59)38(56)37(55)34(23-51)64-47/h14-15,26-35,37-48,51-53,55-61H,2-13,16-25,49H2,1H3,(H,50,54)/b15-14+/t26?,27?,28?,29?,30?,31-,32+,33+,34+,35+,37-,38-,39+,40+,41+,42+,43+,44-,45+,46+,47+,48-/m0/s1.